The molecule has 1 saturated heterocycles. The van der Waals surface area contributed by atoms with E-state index < -0.39 is 23.7 Å². The van der Waals surface area contributed by atoms with Crippen molar-refractivity contribution in [2.45, 2.75) is 56.0 Å². The third-order valence-corrected chi connectivity index (χ3v) is 8.18. The van der Waals surface area contributed by atoms with Gasteiger partial charge < -0.3 is 43.7 Å². The molecule has 264 valence electrons. The lowest BCUT2D eigenvalue weighted by molar-refractivity contribution is -0.325. The maximum absolute atomic E-state index is 14.0. The smallest absolute Gasteiger partial charge is 0.416 e. The van der Waals surface area contributed by atoms with Gasteiger partial charge in [0.05, 0.1) is 45.0 Å². The van der Waals surface area contributed by atoms with E-state index in [1.54, 1.807) is 12.4 Å². The number of aliphatic hydroxyl groups is 3. The number of anilines is 1. The molecule has 0 unspecified atom stereocenters. The molecule has 0 bridgehead atoms. The molecule has 1 aliphatic heterocycles. The number of carbonyl (C=O) groups is 1. The molecule has 2 fully saturated rings. The van der Waals surface area contributed by atoms with E-state index in [0.717, 1.165) is 11.8 Å². The molecule has 50 heavy (non-hydrogen) atoms. The van der Waals surface area contributed by atoms with Crippen LogP contribution in [0.5, 0.6) is 17.9 Å². The lowest BCUT2D eigenvalue weighted by Gasteiger charge is -2.36. The van der Waals surface area contributed by atoms with Gasteiger partial charge in [-0.2, -0.15) is 4.98 Å². The van der Waals surface area contributed by atoms with Gasteiger partial charge in [-0.1, -0.05) is 30.3 Å². The van der Waals surface area contributed by atoms with Gasteiger partial charge in [0.2, 0.25) is 5.88 Å². The molecule has 3 aromatic heterocycles. The van der Waals surface area contributed by atoms with E-state index in [2.05, 4.69) is 29.9 Å². The van der Waals surface area contributed by atoms with Crippen LogP contribution in [0.25, 0.3) is 11.3 Å². The Balaban J connectivity index is 1.19. The molecule has 17 nitrogen and oxygen atoms in total. The van der Waals surface area contributed by atoms with Crippen molar-refractivity contribution in [1.82, 2.24) is 29.9 Å². The lowest BCUT2D eigenvalue weighted by Crippen LogP contribution is -2.45. The van der Waals surface area contributed by atoms with Gasteiger partial charge in [0.25, 0.3) is 0 Å². The van der Waals surface area contributed by atoms with E-state index >= 15 is 0 Å². The number of aromatic nitrogens is 6. The van der Waals surface area contributed by atoms with Crippen molar-refractivity contribution in [3.8, 4) is 29.2 Å². The van der Waals surface area contributed by atoms with Crippen LogP contribution in [0.3, 0.4) is 0 Å². The molecule has 17 heteroatoms. The average Bonchev–Trinajstić information content (AvgIpc) is 3.11. The molecule has 1 aromatic carbocycles. The van der Waals surface area contributed by atoms with E-state index in [1.165, 1.54) is 31.5 Å². The largest absolute Gasteiger partial charge is 0.469 e. The van der Waals surface area contributed by atoms with Crippen molar-refractivity contribution < 1.29 is 48.5 Å². The maximum atomic E-state index is 14.0. The fourth-order valence-corrected chi connectivity index (χ4v) is 5.51. The third kappa shape index (κ3) is 8.38. The molecule has 0 radical (unpaired) electrons. The summed E-state index contributed by atoms with van der Waals surface area (Å²) in [6, 6.07) is 9.15. The highest BCUT2D eigenvalue weighted by Crippen LogP contribution is 2.33. The first kappa shape index (κ1) is 34.8. The van der Waals surface area contributed by atoms with Crippen LogP contribution in [0.2, 0.25) is 0 Å². The zero-order chi connectivity index (χ0) is 35.1. The SMILES string of the molecule is COC[C@H](OC(=O)N(c1cnc(-c2cnc(OC)nc2)cn1)[C@H]1CC[C@H](Oc2ncc(C(O)(O)O)c(OC3COC3)n2)CC1)c1ccccc1. The number of benzene rings is 1. The van der Waals surface area contributed by atoms with E-state index in [4.69, 9.17) is 28.4 Å². The molecule has 1 amide bonds. The quantitative estimate of drug-likeness (QED) is 0.172. The Morgan fingerprint density at radius 3 is 2.20 bits per heavy atom. The van der Waals surface area contributed by atoms with Crippen molar-refractivity contribution >= 4 is 11.9 Å². The fraction of sp³-hybridized carbons (Fsp3) is 0.424. The van der Waals surface area contributed by atoms with Gasteiger partial charge in [-0.15, -0.1) is 0 Å². The Morgan fingerprint density at radius 2 is 1.60 bits per heavy atom. The van der Waals surface area contributed by atoms with Crippen molar-refractivity contribution in [2.24, 2.45) is 0 Å². The molecule has 3 N–H and O–H groups in total. The number of carbonyl (C=O) groups excluding carboxylic acids is 1. The minimum Gasteiger partial charge on any atom is -0.469 e. The predicted molar refractivity (Wildman–Crippen MR) is 172 cm³/mol. The second kappa shape index (κ2) is 15.6. The Bertz CT molecular complexity index is 1700. The number of rotatable bonds is 13. The molecule has 0 spiro atoms. The second-order valence-electron chi connectivity index (χ2n) is 11.7. The molecule has 6 rings (SSSR count). The van der Waals surface area contributed by atoms with Gasteiger partial charge in [-0.3, -0.25) is 9.88 Å². The summed E-state index contributed by atoms with van der Waals surface area (Å²) < 4.78 is 33.3. The van der Waals surface area contributed by atoms with Crippen LogP contribution in [0.15, 0.2) is 61.3 Å². The number of ether oxygens (including phenoxy) is 6. The average molecular weight is 692 g/mol. The molecule has 4 heterocycles. The molecule has 1 aliphatic carbocycles. The lowest BCUT2D eigenvalue weighted by atomic mass is 9.92. The number of hydrogen-bond acceptors (Lipinski definition) is 16. The summed E-state index contributed by atoms with van der Waals surface area (Å²) in [7, 11) is 3.02. The summed E-state index contributed by atoms with van der Waals surface area (Å²) >= 11 is 0. The monoisotopic (exact) mass is 691 g/mol. The topological polar surface area (TPSA) is 214 Å². The van der Waals surface area contributed by atoms with Gasteiger partial charge in [-0.25, -0.2) is 24.7 Å². The molecule has 1 atom stereocenters. The van der Waals surface area contributed by atoms with Gasteiger partial charge in [0, 0.05) is 37.3 Å². The highest BCUT2D eigenvalue weighted by atomic mass is 16.7. The standard InChI is InChI=1S/C33H37N7O10/c1-45-19-27(20-6-4-3-5-7-20)50-32(41)40(28-16-34-26(15-35-28)21-12-36-30(46-2)37-13-21)22-8-10-23(11-9-22)49-31-38-14-25(33(42,43)44)29(39-31)48-24-17-47-18-24/h3-7,12-16,22-24,27,42-44H,8-11,17-19H2,1-2H3/t22-,23-,27-/m0/s1. The zero-order valence-electron chi connectivity index (χ0n) is 27.4. The van der Waals surface area contributed by atoms with Gasteiger partial charge in [-0.05, 0) is 31.2 Å². The van der Waals surface area contributed by atoms with Crippen LogP contribution in [0, 0.1) is 0 Å². The third-order valence-electron chi connectivity index (χ3n) is 8.18. The highest BCUT2D eigenvalue weighted by molar-refractivity contribution is 5.87. The predicted octanol–water partition coefficient (Wildman–Crippen LogP) is 2.32. The van der Waals surface area contributed by atoms with Crippen LogP contribution >= 0.6 is 0 Å². The van der Waals surface area contributed by atoms with E-state index in [-0.39, 0.29) is 42.8 Å². The first-order valence-corrected chi connectivity index (χ1v) is 15.9. The number of hydrogen-bond donors (Lipinski definition) is 3. The first-order valence-electron chi connectivity index (χ1n) is 15.9. The Hall–Kier alpha value is -5.07. The minimum absolute atomic E-state index is 0.0674. The van der Waals surface area contributed by atoms with Crippen molar-refractivity contribution in [1.29, 1.82) is 0 Å². The van der Waals surface area contributed by atoms with Crippen LogP contribution < -0.4 is 19.1 Å². The van der Waals surface area contributed by atoms with Gasteiger partial charge in [0.15, 0.2) is 11.9 Å². The maximum Gasteiger partial charge on any atom is 0.416 e. The molecular formula is C33H37N7O10. The Labute approximate surface area is 286 Å². The normalized spacial score (nSPS) is 18.4. The van der Waals surface area contributed by atoms with E-state index in [1.807, 2.05) is 30.3 Å². The van der Waals surface area contributed by atoms with Crippen LogP contribution in [0.4, 0.5) is 10.6 Å². The Morgan fingerprint density at radius 1 is 0.880 bits per heavy atom. The van der Waals surface area contributed by atoms with Gasteiger partial charge >= 0.3 is 24.1 Å². The van der Waals surface area contributed by atoms with Crippen molar-refractivity contribution in [2.75, 3.05) is 38.9 Å². The molecular weight excluding hydrogens is 654 g/mol. The zero-order valence-corrected chi connectivity index (χ0v) is 27.4. The van der Waals surface area contributed by atoms with E-state index in [0.29, 0.717) is 56.0 Å². The fourth-order valence-electron chi connectivity index (χ4n) is 5.51. The summed E-state index contributed by atoms with van der Waals surface area (Å²) in [4.78, 5) is 41.1. The van der Waals surface area contributed by atoms with Crippen LogP contribution in [0.1, 0.15) is 42.9 Å². The number of methoxy groups -OCH3 is 2. The number of amides is 1. The van der Waals surface area contributed by atoms with Crippen molar-refractivity contribution in [3.63, 3.8) is 0 Å². The van der Waals surface area contributed by atoms with Gasteiger partial charge in [0.1, 0.15) is 17.8 Å². The number of nitrogens with zero attached hydrogens (tertiary/aromatic N) is 7. The summed E-state index contributed by atoms with van der Waals surface area (Å²) in [6.45, 7) is 0.728. The van der Waals surface area contributed by atoms with E-state index in [9.17, 15) is 20.1 Å². The molecule has 2 aliphatic rings. The summed E-state index contributed by atoms with van der Waals surface area (Å²) in [5.41, 5.74) is 1.47. The summed E-state index contributed by atoms with van der Waals surface area (Å²) in [5, 5.41) is 29.3. The summed E-state index contributed by atoms with van der Waals surface area (Å²) in [5.74, 6) is -3.14. The first-order chi connectivity index (χ1) is 24.2. The van der Waals surface area contributed by atoms with Crippen LogP contribution in [-0.2, 0) is 20.2 Å². The molecule has 4 aromatic rings. The molecule has 1 saturated carbocycles. The highest BCUT2D eigenvalue weighted by Gasteiger charge is 2.36. The second-order valence-corrected chi connectivity index (χ2v) is 11.7. The van der Waals surface area contributed by atoms with Crippen LogP contribution in [-0.4, -0.2) is 104 Å². The Kier molecular flexibility index (Phi) is 10.9. The summed E-state index contributed by atoms with van der Waals surface area (Å²) in [6.07, 6.45) is 7.24. The van der Waals surface area contributed by atoms with Crippen molar-refractivity contribution in [3.05, 3.63) is 72.4 Å². The minimum atomic E-state index is -3.21.